The highest BCUT2D eigenvalue weighted by atomic mass is 16.5. The van der Waals surface area contributed by atoms with Crippen LogP contribution < -0.4 is 14.8 Å². The molecule has 1 aliphatic rings. The molecule has 1 saturated heterocycles. The van der Waals surface area contributed by atoms with Gasteiger partial charge in [-0.1, -0.05) is 13.0 Å². The average Bonchev–Trinajstić information content (AvgIpc) is 2.80. The summed E-state index contributed by atoms with van der Waals surface area (Å²) in [7, 11) is 3.26. The van der Waals surface area contributed by atoms with Crippen LogP contribution in [0.1, 0.15) is 31.7 Å². The minimum Gasteiger partial charge on any atom is -0.493 e. The Hall–Kier alpha value is -1.71. The first-order valence-electron chi connectivity index (χ1n) is 6.64. The quantitative estimate of drug-likeness (QED) is 0.886. The van der Waals surface area contributed by atoms with Crippen molar-refractivity contribution >= 4 is 5.91 Å². The van der Waals surface area contributed by atoms with E-state index in [1.54, 1.807) is 14.2 Å². The fourth-order valence-corrected chi connectivity index (χ4v) is 2.68. The lowest BCUT2D eigenvalue weighted by Crippen LogP contribution is -2.42. The molecule has 1 N–H and O–H groups in total. The number of hydrogen-bond donors (Lipinski definition) is 1. The fourth-order valence-electron chi connectivity index (χ4n) is 2.68. The van der Waals surface area contributed by atoms with Crippen LogP contribution in [0.2, 0.25) is 0 Å². The molecule has 0 aromatic heterocycles. The summed E-state index contributed by atoms with van der Waals surface area (Å²) >= 11 is 0. The number of hydrogen-bond acceptors (Lipinski definition) is 3. The molecule has 104 valence electrons. The van der Waals surface area contributed by atoms with Crippen molar-refractivity contribution in [2.75, 3.05) is 14.2 Å². The van der Waals surface area contributed by atoms with Crippen molar-refractivity contribution in [2.45, 2.75) is 38.1 Å². The van der Waals surface area contributed by atoms with E-state index < -0.39 is 0 Å². The van der Waals surface area contributed by atoms with E-state index in [-0.39, 0.29) is 11.4 Å². The number of nitrogens with one attached hydrogen (secondary N) is 1. The molecule has 0 spiro atoms. The third-order valence-corrected chi connectivity index (χ3v) is 3.90. The lowest BCUT2D eigenvalue weighted by molar-refractivity contribution is -0.119. The van der Waals surface area contributed by atoms with E-state index in [4.69, 9.17) is 9.47 Å². The Morgan fingerprint density at radius 1 is 1.26 bits per heavy atom. The summed E-state index contributed by atoms with van der Waals surface area (Å²) in [6.07, 6.45) is 3.29. The summed E-state index contributed by atoms with van der Waals surface area (Å²) in [5, 5.41) is 3.12. The molecule has 0 radical (unpaired) electrons. The lowest BCUT2D eigenvalue weighted by Gasteiger charge is -2.28. The Bertz CT molecular complexity index is 472. The molecular weight excluding hydrogens is 242 g/mol. The zero-order chi connectivity index (χ0) is 13.9. The maximum atomic E-state index is 11.5. The zero-order valence-electron chi connectivity index (χ0n) is 11.8. The Kier molecular flexibility index (Phi) is 3.98. The number of ether oxygens (including phenoxy) is 2. The molecule has 0 saturated carbocycles. The fraction of sp³-hybridized carbons (Fsp3) is 0.533. The van der Waals surface area contributed by atoms with Gasteiger partial charge in [0, 0.05) is 12.0 Å². The second-order valence-electron chi connectivity index (χ2n) is 5.05. The van der Waals surface area contributed by atoms with Gasteiger partial charge in [0.05, 0.1) is 14.2 Å². The first kappa shape index (κ1) is 13.7. The van der Waals surface area contributed by atoms with Gasteiger partial charge in [-0.2, -0.15) is 0 Å². The summed E-state index contributed by atoms with van der Waals surface area (Å²) in [6, 6.07) is 5.93. The molecule has 1 heterocycles. The molecule has 1 aromatic carbocycles. The van der Waals surface area contributed by atoms with Crippen LogP contribution in [0.3, 0.4) is 0 Å². The van der Waals surface area contributed by atoms with Gasteiger partial charge in [0.2, 0.25) is 5.91 Å². The molecule has 1 aromatic rings. The van der Waals surface area contributed by atoms with Gasteiger partial charge in [0.15, 0.2) is 11.5 Å². The van der Waals surface area contributed by atoms with Gasteiger partial charge in [0.1, 0.15) is 0 Å². The highest BCUT2D eigenvalue weighted by molar-refractivity contribution is 5.79. The molecule has 2 rings (SSSR count). The van der Waals surface area contributed by atoms with Crippen molar-refractivity contribution in [3.8, 4) is 11.5 Å². The number of amides is 1. The van der Waals surface area contributed by atoms with Crippen molar-refractivity contribution in [3.05, 3.63) is 23.8 Å². The first-order valence-corrected chi connectivity index (χ1v) is 6.64. The Morgan fingerprint density at radius 3 is 2.53 bits per heavy atom. The summed E-state index contributed by atoms with van der Waals surface area (Å²) in [5.41, 5.74) is 1.05. The molecule has 1 unspecified atom stereocenters. The Balaban J connectivity index is 2.20. The maximum Gasteiger partial charge on any atom is 0.220 e. The van der Waals surface area contributed by atoms with Crippen molar-refractivity contribution in [2.24, 2.45) is 0 Å². The Morgan fingerprint density at radius 2 is 2.00 bits per heavy atom. The second kappa shape index (κ2) is 5.51. The standard InChI is InChI=1S/C15H21NO3/c1-4-15(8-7-14(17)16-15)10-11-5-6-12(18-2)13(9-11)19-3/h5-6,9H,4,7-8,10H2,1-3H3,(H,16,17). The van der Waals surface area contributed by atoms with Crippen molar-refractivity contribution in [1.29, 1.82) is 0 Å². The molecule has 1 aliphatic heterocycles. The van der Waals surface area contributed by atoms with Crippen molar-refractivity contribution in [1.82, 2.24) is 5.32 Å². The van der Waals surface area contributed by atoms with Crippen LogP contribution in [-0.2, 0) is 11.2 Å². The molecule has 0 aliphatic carbocycles. The monoisotopic (exact) mass is 263 g/mol. The van der Waals surface area contributed by atoms with E-state index >= 15 is 0 Å². The number of methoxy groups -OCH3 is 2. The minimum atomic E-state index is -0.101. The van der Waals surface area contributed by atoms with E-state index in [1.807, 2.05) is 18.2 Å². The van der Waals surface area contributed by atoms with Gasteiger partial charge < -0.3 is 14.8 Å². The second-order valence-corrected chi connectivity index (χ2v) is 5.05. The largest absolute Gasteiger partial charge is 0.493 e. The van der Waals surface area contributed by atoms with E-state index in [2.05, 4.69) is 12.2 Å². The SMILES string of the molecule is CCC1(Cc2ccc(OC)c(OC)c2)CCC(=O)N1. The predicted molar refractivity (Wildman–Crippen MR) is 73.6 cm³/mol. The summed E-state index contributed by atoms with van der Waals surface area (Å²) in [5.74, 6) is 1.62. The molecule has 1 fully saturated rings. The van der Waals surface area contributed by atoms with Crippen molar-refractivity contribution in [3.63, 3.8) is 0 Å². The molecule has 19 heavy (non-hydrogen) atoms. The van der Waals surface area contributed by atoms with Gasteiger partial charge >= 0.3 is 0 Å². The van der Waals surface area contributed by atoms with Crippen LogP contribution in [0, 0.1) is 0 Å². The van der Waals surface area contributed by atoms with E-state index in [0.717, 1.165) is 36.3 Å². The topological polar surface area (TPSA) is 47.6 Å². The summed E-state index contributed by atoms with van der Waals surface area (Å²) in [4.78, 5) is 11.5. The van der Waals surface area contributed by atoms with Gasteiger partial charge in [-0.3, -0.25) is 4.79 Å². The molecule has 1 atom stereocenters. The molecule has 1 amide bonds. The van der Waals surface area contributed by atoms with E-state index in [1.165, 1.54) is 0 Å². The van der Waals surface area contributed by atoms with Crippen LogP contribution in [0.4, 0.5) is 0 Å². The maximum absolute atomic E-state index is 11.5. The van der Waals surface area contributed by atoms with Gasteiger partial charge in [-0.05, 0) is 37.0 Å². The highest BCUT2D eigenvalue weighted by Gasteiger charge is 2.36. The number of carbonyl (C=O) groups is 1. The first-order chi connectivity index (χ1) is 9.12. The highest BCUT2D eigenvalue weighted by Crippen LogP contribution is 2.32. The summed E-state index contributed by atoms with van der Waals surface area (Å²) in [6.45, 7) is 2.12. The number of benzene rings is 1. The lowest BCUT2D eigenvalue weighted by atomic mass is 9.87. The van der Waals surface area contributed by atoms with Gasteiger partial charge in [0.25, 0.3) is 0 Å². The third-order valence-electron chi connectivity index (χ3n) is 3.90. The van der Waals surface area contributed by atoms with E-state index in [9.17, 15) is 4.79 Å². The third kappa shape index (κ3) is 2.83. The average molecular weight is 263 g/mol. The van der Waals surface area contributed by atoms with Crippen LogP contribution in [-0.4, -0.2) is 25.7 Å². The Labute approximate surface area is 114 Å². The van der Waals surface area contributed by atoms with Crippen LogP contribution in [0.5, 0.6) is 11.5 Å². The van der Waals surface area contributed by atoms with Crippen LogP contribution >= 0.6 is 0 Å². The summed E-state index contributed by atoms with van der Waals surface area (Å²) < 4.78 is 10.6. The molecule has 4 heteroatoms. The van der Waals surface area contributed by atoms with Gasteiger partial charge in [-0.15, -0.1) is 0 Å². The smallest absolute Gasteiger partial charge is 0.220 e. The molecular formula is C15H21NO3. The van der Waals surface area contributed by atoms with E-state index in [0.29, 0.717) is 6.42 Å². The predicted octanol–water partition coefficient (Wildman–Crippen LogP) is 2.31. The van der Waals surface area contributed by atoms with Gasteiger partial charge in [-0.25, -0.2) is 0 Å². The zero-order valence-corrected chi connectivity index (χ0v) is 11.8. The number of rotatable bonds is 5. The number of carbonyl (C=O) groups excluding carboxylic acids is 1. The minimum absolute atomic E-state index is 0.101. The van der Waals surface area contributed by atoms with Crippen LogP contribution in [0.15, 0.2) is 18.2 Å². The molecule has 0 bridgehead atoms. The normalized spacial score (nSPS) is 22.2. The van der Waals surface area contributed by atoms with Crippen molar-refractivity contribution < 1.29 is 14.3 Å². The van der Waals surface area contributed by atoms with Crippen LogP contribution in [0.25, 0.3) is 0 Å². The molecule has 4 nitrogen and oxygen atoms in total.